The van der Waals surface area contributed by atoms with E-state index >= 15 is 0 Å². The first-order chi connectivity index (χ1) is 15.4. The molecule has 0 spiro atoms. The van der Waals surface area contributed by atoms with Crippen LogP contribution < -0.4 is 10.9 Å². The zero-order valence-electron chi connectivity index (χ0n) is 17.8. The van der Waals surface area contributed by atoms with Gasteiger partial charge in [-0.1, -0.05) is 54.2 Å². The predicted octanol–water partition coefficient (Wildman–Crippen LogP) is 4.55. The normalized spacial score (nSPS) is 11.0. The number of carbonyl (C=O) groups excluding carboxylic acids is 1. The molecule has 0 aliphatic heterocycles. The third kappa shape index (κ3) is 4.57. The summed E-state index contributed by atoms with van der Waals surface area (Å²) in [6.07, 6.45) is 0. The molecule has 4 rings (SSSR count). The molecule has 0 aliphatic rings. The van der Waals surface area contributed by atoms with Crippen LogP contribution in [0.4, 0.5) is 4.39 Å². The highest BCUT2D eigenvalue weighted by atomic mass is 32.2. The van der Waals surface area contributed by atoms with Crippen LogP contribution in [-0.2, 0) is 11.3 Å². The second-order valence-electron chi connectivity index (χ2n) is 7.48. The number of fused-ring (bicyclic) bond motifs is 1. The number of hydrogen-bond acceptors (Lipinski definition) is 4. The highest BCUT2D eigenvalue weighted by Crippen LogP contribution is 2.25. The van der Waals surface area contributed by atoms with E-state index in [9.17, 15) is 14.0 Å². The quantitative estimate of drug-likeness (QED) is 0.348. The van der Waals surface area contributed by atoms with Gasteiger partial charge in [0.25, 0.3) is 5.56 Å². The summed E-state index contributed by atoms with van der Waals surface area (Å²) in [5, 5.41) is 3.81. The SMILES string of the molecule is Cc1cccc(C)c1-n1c(SCC(=O)NCc2ccc(F)cc2)nc2ccccc2c1=O. The number of nitrogens with zero attached hydrogens (tertiary/aromatic N) is 2. The van der Waals surface area contributed by atoms with E-state index in [1.807, 2.05) is 44.2 Å². The van der Waals surface area contributed by atoms with Crippen molar-refractivity contribution in [1.82, 2.24) is 14.9 Å². The Morgan fingerprint density at radius 1 is 1.00 bits per heavy atom. The molecule has 5 nitrogen and oxygen atoms in total. The number of hydrogen-bond donors (Lipinski definition) is 1. The van der Waals surface area contributed by atoms with Crippen molar-refractivity contribution in [3.63, 3.8) is 0 Å². The number of aryl methyl sites for hydroxylation is 2. The minimum Gasteiger partial charge on any atom is -0.351 e. The topological polar surface area (TPSA) is 64.0 Å². The van der Waals surface area contributed by atoms with Crippen molar-refractivity contribution < 1.29 is 9.18 Å². The molecule has 0 aliphatic carbocycles. The van der Waals surface area contributed by atoms with Gasteiger partial charge in [-0.2, -0.15) is 0 Å². The van der Waals surface area contributed by atoms with Gasteiger partial charge in [0.2, 0.25) is 5.91 Å². The molecule has 162 valence electrons. The fraction of sp³-hybridized carbons (Fsp3) is 0.160. The van der Waals surface area contributed by atoms with E-state index < -0.39 is 0 Å². The van der Waals surface area contributed by atoms with Crippen molar-refractivity contribution in [2.45, 2.75) is 25.5 Å². The van der Waals surface area contributed by atoms with Crippen molar-refractivity contribution in [3.05, 3.63) is 99.6 Å². The van der Waals surface area contributed by atoms with Gasteiger partial charge in [0.05, 0.1) is 22.3 Å². The van der Waals surface area contributed by atoms with E-state index in [4.69, 9.17) is 4.98 Å². The molecule has 0 atom stereocenters. The average Bonchev–Trinajstić information content (AvgIpc) is 2.78. The first kappa shape index (κ1) is 21.8. The standard InChI is InChI=1S/C25H22FN3O2S/c1-16-6-5-7-17(2)23(16)29-24(31)20-8-3-4-9-21(20)28-25(29)32-15-22(30)27-14-18-10-12-19(26)13-11-18/h3-13H,14-15H2,1-2H3,(H,27,30). The number of aromatic nitrogens is 2. The first-order valence-corrected chi connectivity index (χ1v) is 11.1. The third-order valence-corrected chi connectivity index (χ3v) is 6.08. The van der Waals surface area contributed by atoms with Gasteiger partial charge >= 0.3 is 0 Å². The Bertz CT molecular complexity index is 1330. The van der Waals surface area contributed by atoms with E-state index in [2.05, 4.69) is 5.32 Å². The lowest BCUT2D eigenvalue weighted by atomic mass is 10.1. The molecule has 0 saturated carbocycles. The average molecular weight is 448 g/mol. The molecular weight excluding hydrogens is 425 g/mol. The van der Waals surface area contributed by atoms with Gasteiger partial charge in [0.15, 0.2) is 5.16 Å². The van der Waals surface area contributed by atoms with Crippen LogP contribution in [0.15, 0.2) is 76.7 Å². The Labute approximate surface area is 189 Å². The summed E-state index contributed by atoms with van der Waals surface area (Å²) in [5.74, 6) is -0.422. The molecule has 1 heterocycles. The Balaban J connectivity index is 1.63. The lowest BCUT2D eigenvalue weighted by Gasteiger charge is -2.17. The van der Waals surface area contributed by atoms with Crippen LogP contribution in [0.3, 0.4) is 0 Å². The maximum absolute atomic E-state index is 13.4. The molecule has 0 unspecified atom stereocenters. The third-order valence-electron chi connectivity index (χ3n) is 5.14. The summed E-state index contributed by atoms with van der Waals surface area (Å²) < 4.78 is 14.6. The molecule has 3 aromatic carbocycles. The fourth-order valence-corrected chi connectivity index (χ4v) is 4.38. The van der Waals surface area contributed by atoms with Crippen molar-refractivity contribution in [2.75, 3.05) is 5.75 Å². The smallest absolute Gasteiger partial charge is 0.266 e. The second-order valence-corrected chi connectivity index (χ2v) is 8.43. The van der Waals surface area contributed by atoms with E-state index in [0.29, 0.717) is 22.6 Å². The van der Waals surface area contributed by atoms with Crippen molar-refractivity contribution >= 4 is 28.6 Å². The van der Waals surface area contributed by atoms with Crippen LogP contribution in [-0.4, -0.2) is 21.2 Å². The van der Waals surface area contributed by atoms with Crippen molar-refractivity contribution in [1.29, 1.82) is 0 Å². The lowest BCUT2D eigenvalue weighted by Crippen LogP contribution is -2.26. The Morgan fingerprint density at radius 2 is 1.69 bits per heavy atom. The molecule has 4 aromatic rings. The molecule has 32 heavy (non-hydrogen) atoms. The Morgan fingerprint density at radius 3 is 2.41 bits per heavy atom. The molecule has 1 aromatic heterocycles. The Hall–Kier alpha value is -3.45. The van der Waals surface area contributed by atoms with Gasteiger partial charge in [0, 0.05) is 6.54 Å². The highest BCUT2D eigenvalue weighted by Gasteiger charge is 2.17. The van der Waals surface area contributed by atoms with E-state index in [0.717, 1.165) is 22.4 Å². The van der Waals surface area contributed by atoms with Gasteiger partial charge in [-0.05, 0) is 54.8 Å². The monoisotopic (exact) mass is 447 g/mol. The molecule has 0 saturated heterocycles. The van der Waals surface area contributed by atoms with Crippen LogP contribution in [0.5, 0.6) is 0 Å². The number of nitrogens with one attached hydrogen (secondary N) is 1. The van der Waals surface area contributed by atoms with E-state index in [1.54, 1.807) is 28.8 Å². The van der Waals surface area contributed by atoms with Gasteiger partial charge in [-0.3, -0.25) is 14.2 Å². The first-order valence-electron chi connectivity index (χ1n) is 10.2. The predicted molar refractivity (Wildman–Crippen MR) is 126 cm³/mol. The number of rotatable bonds is 6. The number of carbonyl (C=O) groups is 1. The molecule has 0 bridgehead atoms. The largest absolute Gasteiger partial charge is 0.351 e. The zero-order valence-corrected chi connectivity index (χ0v) is 18.6. The minimum absolute atomic E-state index is 0.0942. The molecule has 7 heteroatoms. The maximum Gasteiger partial charge on any atom is 0.266 e. The zero-order chi connectivity index (χ0) is 22.7. The fourth-order valence-electron chi connectivity index (χ4n) is 3.55. The molecule has 0 radical (unpaired) electrons. The van der Waals surface area contributed by atoms with Crippen LogP contribution in [0.2, 0.25) is 0 Å². The van der Waals surface area contributed by atoms with Crippen LogP contribution >= 0.6 is 11.8 Å². The molecular formula is C25H22FN3O2S. The second kappa shape index (κ2) is 9.36. The summed E-state index contributed by atoms with van der Waals surface area (Å²) >= 11 is 1.21. The Kier molecular flexibility index (Phi) is 6.37. The van der Waals surface area contributed by atoms with Gasteiger partial charge in [-0.15, -0.1) is 0 Å². The number of thioether (sulfide) groups is 1. The van der Waals surface area contributed by atoms with Crippen LogP contribution in [0.1, 0.15) is 16.7 Å². The number of para-hydroxylation sites is 2. The lowest BCUT2D eigenvalue weighted by molar-refractivity contribution is -0.118. The van der Waals surface area contributed by atoms with Crippen molar-refractivity contribution in [3.8, 4) is 5.69 Å². The molecule has 0 fully saturated rings. The number of amides is 1. The van der Waals surface area contributed by atoms with E-state index in [1.165, 1.54) is 23.9 Å². The van der Waals surface area contributed by atoms with Gasteiger partial charge < -0.3 is 5.32 Å². The van der Waals surface area contributed by atoms with Crippen molar-refractivity contribution in [2.24, 2.45) is 0 Å². The molecule has 1 amide bonds. The van der Waals surface area contributed by atoms with Crippen LogP contribution in [0, 0.1) is 19.7 Å². The summed E-state index contributed by atoms with van der Waals surface area (Å²) in [6, 6.07) is 19.0. The van der Waals surface area contributed by atoms with Gasteiger partial charge in [0.1, 0.15) is 5.82 Å². The summed E-state index contributed by atoms with van der Waals surface area (Å²) in [5.41, 5.74) is 3.92. The highest BCUT2D eigenvalue weighted by molar-refractivity contribution is 7.99. The number of halogens is 1. The number of benzene rings is 3. The van der Waals surface area contributed by atoms with Crippen LogP contribution in [0.25, 0.3) is 16.6 Å². The summed E-state index contributed by atoms with van der Waals surface area (Å²) in [4.78, 5) is 30.6. The van der Waals surface area contributed by atoms with E-state index in [-0.39, 0.29) is 23.0 Å². The maximum atomic E-state index is 13.4. The van der Waals surface area contributed by atoms with Gasteiger partial charge in [-0.25, -0.2) is 9.37 Å². The summed E-state index contributed by atoms with van der Waals surface area (Å²) in [7, 11) is 0. The minimum atomic E-state index is -0.317. The molecule has 1 N–H and O–H groups in total. The summed E-state index contributed by atoms with van der Waals surface area (Å²) in [6.45, 7) is 4.20.